The van der Waals surface area contributed by atoms with E-state index in [0.29, 0.717) is 23.8 Å². The molecule has 2 aromatic heterocycles. The highest BCUT2D eigenvalue weighted by Gasteiger charge is 2.13. The summed E-state index contributed by atoms with van der Waals surface area (Å²) in [5.74, 6) is 1.14. The van der Waals surface area contributed by atoms with Crippen LogP contribution in [-0.2, 0) is 17.7 Å². The van der Waals surface area contributed by atoms with Crippen LogP contribution in [0.1, 0.15) is 11.4 Å². The van der Waals surface area contributed by atoms with Crippen LogP contribution >= 0.6 is 0 Å². The zero-order valence-electron chi connectivity index (χ0n) is 14.0. The van der Waals surface area contributed by atoms with Crippen LogP contribution in [0.15, 0.2) is 47.4 Å². The molecule has 4 rings (SSSR count). The summed E-state index contributed by atoms with van der Waals surface area (Å²) in [7, 11) is 0. The maximum atomic E-state index is 5.37. The Hall–Kier alpha value is -2.51. The minimum Gasteiger partial charge on any atom is -0.379 e. The Morgan fingerprint density at radius 1 is 1.04 bits per heavy atom. The number of ether oxygens (including phenoxy) is 1. The van der Waals surface area contributed by atoms with Crippen LogP contribution in [0.4, 0.5) is 0 Å². The third kappa shape index (κ3) is 4.12. The van der Waals surface area contributed by atoms with Gasteiger partial charge in [-0.15, -0.1) is 0 Å². The van der Waals surface area contributed by atoms with E-state index in [0.717, 1.165) is 45.0 Å². The second-order valence-electron chi connectivity index (χ2n) is 6.13. The molecule has 3 aromatic rings. The van der Waals surface area contributed by atoms with E-state index >= 15 is 0 Å². The van der Waals surface area contributed by atoms with Gasteiger partial charge in [-0.1, -0.05) is 35.5 Å². The van der Waals surface area contributed by atoms with E-state index < -0.39 is 0 Å². The first-order chi connectivity index (χ1) is 12.4. The van der Waals surface area contributed by atoms with Crippen molar-refractivity contribution < 1.29 is 9.26 Å². The highest BCUT2D eigenvalue weighted by molar-refractivity contribution is 5.44. The van der Waals surface area contributed by atoms with Crippen LogP contribution in [0.2, 0.25) is 0 Å². The van der Waals surface area contributed by atoms with Crippen LogP contribution in [0, 0.1) is 0 Å². The van der Waals surface area contributed by atoms with Crippen molar-refractivity contribution in [2.24, 2.45) is 0 Å². The molecular formula is C18H21N5O2. The van der Waals surface area contributed by atoms with Gasteiger partial charge in [0.2, 0.25) is 0 Å². The quantitative estimate of drug-likeness (QED) is 0.683. The van der Waals surface area contributed by atoms with Crippen molar-refractivity contribution in [2.75, 3.05) is 32.8 Å². The van der Waals surface area contributed by atoms with Gasteiger partial charge in [0.25, 0.3) is 5.89 Å². The number of nitrogens with zero attached hydrogens (tertiary/aromatic N) is 5. The summed E-state index contributed by atoms with van der Waals surface area (Å²) in [5.41, 5.74) is 1.87. The zero-order chi connectivity index (χ0) is 16.9. The second-order valence-corrected chi connectivity index (χ2v) is 6.13. The summed E-state index contributed by atoms with van der Waals surface area (Å²) in [4.78, 5) is 11.2. The second kappa shape index (κ2) is 7.58. The molecule has 1 aromatic carbocycles. The number of morpholine rings is 1. The molecule has 0 spiro atoms. The first-order valence-corrected chi connectivity index (χ1v) is 8.55. The lowest BCUT2D eigenvalue weighted by molar-refractivity contribution is 0.0364. The van der Waals surface area contributed by atoms with Crippen molar-refractivity contribution in [3.05, 3.63) is 54.2 Å². The summed E-state index contributed by atoms with van der Waals surface area (Å²) >= 11 is 0. The fraction of sp³-hybridized carbons (Fsp3) is 0.389. The fourth-order valence-corrected chi connectivity index (χ4v) is 2.88. The maximum absolute atomic E-state index is 5.37. The molecule has 0 aliphatic carbocycles. The van der Waals surface area contributed by atoms with Crippen molar-refractivity contribution >= 4 is 0 Å². The van der Waals surface area contributed by atoms with Gasteiger partial charge < -0.3 is 13.8 Å². The fourth-order valence-electron chi connectivity index (χ4n) is 2.88. The third-order valence-electron chi connectivity index (χ3n) is 4.30. The molecule has 1 aliphatic heterocycles. The lowest BCUT2D eigenvalue weighted by Crippen LogP contribution is -2.38. The molecular weight excluding hydrogens is 318 g/mol. The van der Waals surface area contributed by atoms with Crippen molar-refractivity contribution in [2.45, 2.75) is 13.0 Å². The molecule has 0 atom stereocenters. The molecule has 25 heavy (non-hydrogen) atoms. The van der Waals surface area contributed by atoms with E-state index in [1.54, 1.807) is 0 Å². The molecule has 1 aliphatic rings. The smallest absolute Gasteiger partial charge is 0.278 e. The monoisotopic (exact) mass is 339 g/mol. The highest BCUT2D eigenvalue weighted by Crippen LogP contribution is 2.16. The van der Waals surface area contributed by atoms with Gasteiger partial charge in [0.05, 0.1) is 19.5 Å². The average molecular weight is 339 g/mol. The Labute approximate surface area is 146 Å². The van der Waals surface area contributed by atoms with Crippen molar-refractivity contribution in [1.29, 1.82) is 0 Å². The third-order valence-corrected chi connectivity index (χ3v) is 4.30. The number of rotatable bonds is 6. The van der Waals surface area contributed by atoms with Gasteiger partial charge in [-0.05, 0) is 5.56 Å². The van der Waals surface area contributed by atoms with Crippen LogP contribution in [-0.4, -0.2) is 57.4 Å². The van der Waals surface area contributed by atoms with E-state index in [-0.39, 0.29) is 0 Å². The van der Waals surface area contributed by atoms with Crippen molar-refractivity contribution in [3.63, 3.8) is 0 Å². The number of imidazole rings is 1. The van der Waals surface area contributed by atoms with E-state index in [1.807, 2.05) is 30.7 Å². The Bertz CT molecular complexity index is 793. The van der Waals surface area contributed by atoms with Gasteiger partial charge in [-0.25, -0.2) is 4.98 Å². The van der Waals surface area contributed by atoms with Crippen LogP contribution in [0.3, 0.4) is 0 Å². The van der Waals surface area contributed by atoms with Crippen molar-refractivity contribution in [1.82, 2.24) is 24.6 Å². The van der Waals surface area contributed by atoms with E-state index in [9.17, 15) is 0 Å². The molecule has 0 radical (unpaired) electrons. The van der Waals surface area contributed by atoms with Gasteiger partial charge in [0.15, 0.2) is 5.82 Å². The minimum atomic E-state index is 0.469. The topological polar surface area (TPSA) is 69.2 Å². The van der Waals surface area contributed by atoms with E-state index in [1.165, 1.54) is 0 Å². The van der Waals surface area contributed by atoms with Crippen LogP contribution in [0.5, 0.6) is 0 Å². The lowest BCUT2D eigenvalue weighted by atomic mass is 10.1. The normalized spacial score (nSPS) is 15.5. The standard InChI is InChI=1S/C18H21N5O2/c1-2-4-15(5-3-1)12-17-20-18(25-21-17)16-13-23(14-19-16)7-6-22-8-10-24-11-9-22/h1-5,13-14H,6-12H2. The molecule has 0 N–H and O–H groups in total. The number of hydrogen-bond acceptors (Lipinski definition) is 6. The Kier molecular flexibility index (Phi) is 4.85. The Morgan fingerprint density at radius 3 is 2.72 bits per heavy atom. The predicted molar refractivity (Wildman–Crippen MR) is 92.0 cm³/mol. The molecule has 7 heteroatoms. The lowest BCUT2D eigenvalue weighted by Gasteiger charge is -2.26. The molecule has 0 bridgehead atoms. The number of hydrogen-bond donors (Lipinski definition) is 0. The van der Waals surface area contributed by atoms with Gasteiger partial charge in [-0.2, -0.15) is 4.98 Å². The Balaban J connectivity index is 1.37. The van der Waals surface area contributed by atoms with Gasteiger partial charge in [0, 0.05) is 38.8 Å². The number of benzene rings is 1. The first kappa shape index (κ1) is 16.0. The SMILES string of the molecule is c1ccc(Cc2noc(-c3cn(CCN4CCOCC4)cn3)n2)cc1. The molecule has 7 nitrogen and oxygen atoms in total. The summed E-state index contributed by atoms with van der Waals surface area (Å²) < 4.78 is 12.8. The molecule has 1 saturated heterocycles. The maximum Gasteiger partial charge on any atom is 0.278 e. The molecule has 0 saturated carbocycles. The largest absolute Gasteiger partial charge is 0.379 e. The van der Waals surface area contributed by atoms with Gasteiger partial charge in [0.1, 0.15) is 5.69 Å². The summed E-state index contributed by atoms with van der Waals surface area (Å²) in [6, 6.07) is 10.1. The molecule has 1 fully saturated rings. The molecule has 0 amide bonds. The molecule has 3 heterocycles. The van der Waals surface area contributed by atoms with E-state index in [4.69, 9.17) is 9.26 Å². The highest BCUT2D eigenvalue weighted by atomic mass is 16.5. The van der Waals surface area contributed by atoms with Gasteiger partial charge in [-0.3, -0.25) is 4.90 Å². The van der Waals surface area contributed by atoms with Crippen LogP contribution in [0.25, 0.3) is 11.6 Å². The predicted octanol–water partition coefficient (Wildman–Crippen LogP) is 1.86. The average Bonchev–Trinajstić information content (AvgIpc) is 3.31. The Morgan fingerprint density at radius 2 is 1.88 bits per heavy atom. The van der Waals surface area contributed by atoms with Crippen LogP contribution < -0.4 is 0 Å². The summed E-state index contributed by atoms with van der Waals surface area (Å²) in [6.45, 7) is 5.51. The van der Waals surface area contributed by atoms with E-state index in [2.05, 4.69) is 36.7 Å². The minimum absolute atomic E-state index is 0.469. The first-order valence-electron chi connectivity index (χ1n) is 8.55. The molecule has 0 unspecified atom stereocenters. The number of aromatic nitrogens is 4. The van der Waals surface area contributed by atoms with Gasteiger partial charge >= 0.3 is 0 Å². The zero-order valence-corrected chi connectivity index (χ0v) is 14.0. The molecule has 130 valence electrons. The summed E-state index contributed by atoms with van der Waals surface area (Å²) in [5, 5.41) is 4.06. The van der Waals surface area contributed by atoms with Crippen molar-refractivity contribution in [3.8, 4) is 11.6 Å². The summed E-state index contributed by atoms with van der Waals surface area (Å²) in [6.07, 6.45) is 4.43.